The Morgan fingerprint density at radius 3 is 1.76 bits per heavy atom. The molecule has 0 aliphatic heterocycles. The molecule has 2 atom stereocenters. The van der Waals surface area contributed by atoms with Crippen LogP contribution in [0.5, 0.6) is 0 Å². The molecule has 0 fully saturated rings. The fourth-order valence-corrected chi connectivity index (χ4v) is 3.52. The third kappa shape index (κ3) is 19.9. The van der Waals surface area contributed by atoms with E-state index in [1.807, 2.05) is 21.1 Å². The molecule has 172 valence electrons. The molecule has 29 heavy (non-hydrogen) atoms. The zero-order valence-corrected chi connectivity index (χ0v) is 19.3. The fraction of sp³-hybridized carbons (Fsp3) is 0.913. The van der Waals surface area contributed by atoms with E-state index in [4.69, 9.17) is 9.84 Å². The molecule has 0 saturated carbocycles. The molecule has 0 aromatic rings. The van der Waals surface area contributed by atoms with E-state index in [0.717, 1.165) is 12.8 Å². The number of carbonyl (C=O) groups is 2. The summed E-state index contributed by atoms with van der Waals surface area (Å²) in [4.78, 5) is 23.0. The zero-order valence-electron chi connectivity index (χ0n) is 19.3. The van der Waals surface area contributed by atoms with Gasteiger partial charge >= 0.3 is 11.9 Å². The van der Waals surface area contributed by atoms with Gasteiger partial charge in [0.2, 0.25) is 0 Å². The summed E-state index contributed by atoms with van der Waals surface area (Å²) < 4.78 is 5.83. The van der Waals surface area contributed by atoms with E-state index in [9.17, 15) is 14.7 Å². The van der Waals surface area contributed by atoms with Crippen LogP contribution in [0.25, 0.3) is 0 Å². The van der Waals surface area contributed by atoms with E-state index in [1.54, 1.807) is 0 Å². The normalized spacial score (nSPS) is 13.8. The fourth-order valence-electron chi connectivity index (χ4n) is 3.52. The van der Waals surface area contributed by atoms with Gasteiger partial charge in [0.25, 0.3) is 0 Å². The Balaban J connectivity index is 3.82. The van der Waals surface area contributed by atoms with Crippen molar-refractivity contribution in [1.29, 1.82) is 0 Å². The maximum absolute atomic E-state index is 12.1. The number of hydrogen-bond donors (Lipinski definition) is 2. The van der Waals surface area contributed by atoms with Crippen molar-refractivity contribution in [2.75, 3.05) is 27.7 Å². The molecule has 0 aromatic heterocycles. The van der Waals surface area contributed by atoms with Crippen molar-refractivity contribution in [3.63, 3.8) is 0 Å². The van der Waals surface area contributed by atoms with Gasteiger partial charge in [0.05, 0.1) is 40.1 Å². The molecule has 0 aromatic carbocycles. The van der Waals surface area contributed by atoms with Crippen molar-refractivity contribution >= 4 is 11.9 Å². The summed E-state index contributed by atoms with van der Waals surface area (Å²) in [5.74, 6) is -1.50. The van der Waals surface area contributed by atoms with Crippen molar-refractivity contribution < 1.29 is 29.0 Å². The van der Waals surface area contributed by atoms with Crippen molar-refractivity contribution in [3.8, 4) is 0 Å². The average molecular weight is 417 g/mol. The van der Waals surface area contributed by atoms with Crippen molar-refractivity contribution in [2.45, 2.75) is 109 Å². The van der Waals surface area contributed by atoms with Crippen LogP contribution in [0, 0.1) is 0 Å². The van der Waals surface area contributed by atoms with Crippen LogP contribution in [-0.2, 0) is 14.3 Å². The van der Waals surface area contributed by atoms with Crippen LogP contribution in [0.15, 0.2) is 0 Å². The summed E-state index contributed by atoms with van der Waals surface area (Å²) in [5, 5.41) is 19.1. The SMILES string of the molecule is CCCCCCCCCCCCC[C@@H](O)CC(=O)O[C@H](CC(=O)O)C[N+](C)(C)C. The highest BCUT2D eigenvalue weighted by molar-refractivity contribution is 5.71. The van der Waals surface area contributed by atoms with Crippen molar-refractivity contribution in [3.05, 3.63) is 0 Å². The highest BCUT2D eigenvalue weighted by atomic mass is 16.5. The van der Waals surface area contributed by atoms with E-state index in [0.29, 0.717) is 17.4 Å². The van der Waals surface area contributed by atoms with Crippen LogP contribution in [0.3, 0.4) is 0 Å². The maximum Gasteiger partial charge on any atom is 0.308 e. The molecule has 0 radical (unpaired) electrons. The Kier molecular flexibility index (Phi) is 16.0. The molecule has 0 rings (SSSR count). The molecular formula is C23H46NO5+. The zero-order chi connectivity index (χ0) is 22.1. The van der Waals surface area contributed by atoms with Crippen LogP contribution in [0.4, 0.5) is 0 Å². The van der Waals surface area contributed by atoms with E-state index in [1.165, 1.54) is 57.8 Å². The second-order valence-corrected chi connectivity index (χ2v) is 9.36. The third-order valence-corrected chi connectivity index (χ3v) is 4.99. The lowest BCUT2D eigenvalue weighted by molar-refractivity contribution is -0.873. The first kappa shape index (κ1) is 27.9. The first-order valence-corrected chi connectivity index (χ1v) is 11.5. The van der Waals surface area contributed by atoms with Crippen molar-refractivity contribution in [1.82, 2.24) is 0 Å². The maximum atomic E-state index is 12.1. The second-order valence-electron chi connectivity index (χ2n) is 9.36. The Hall–Kier alpha value is -1.14. The molecule has 2 N–H and O–H groups in total. The molecule has 0 unspecified atom stereocenters. The number of esters is 1. The number of aliphatic carboxylic acids is 1. The number of rotatable bonds is 19. The Labute approximate surface area is 178 Å². The Morgan fingerprint density at radius 1 is 0.828 bits per heavy atom. The number of quaternary nitrogens is 1. The molecule has 0 heterocycles. The largest absolute Gasteiger partial charge is 0.481 e. The van der Waals surface area contributed by atoms with Crippen LogP contribution in [-0.4, -0.2) is 66.5 Å². The summed E-state index contributed by atoms with van der Waals surface area (Å²) in [5.41, 5.74) is 0. The monoisotopic (exact) mass is 416 g/mol. The van der Waals surface area contributed by atoms with Gasteiger partial charge < -0.3 is 19.4 Å². The van der Waals surface area contributed by atoms with Gasteiger partial charge in [0.1, 0.15) is 6.54 Å². The number of likely N-dealkylation sites (N-methyl/N-ethyl adjacent to an activating group) is 1. The van der Waals surface area contributed by atoms with Gasteiger partial charge in [0, 0.05) is 0 Å². The number of carboxylic acid groups (broad SMARTS) is 1. The van der Waals surface area contributed by atoms with Gasteiger partial charge in [-0.1, -0.05) is 77.6 Å². The second kappa shape index (κ2) is 16.6. The van der Waals surface area contributed by atoms with Gasteiger partial charge in [-0.2, -0.15) is 0 Å². The molecule has 0 amide bonds. The van der Waals surface area contributed by atoms with Gasteiger partial charge in [-0.15, -0.1) is 0 Å². The van der Waals surface area contributed by atoms with Crippen molar-refractivity contribution in [2.24, 2.45) is 0 Å². The third-order valence-electron chi connectivity index (χ3n) is 4.99. The number of nitrogens with zero attached hydrogens (tertiary/aromatic N) is 1. The van der Waals surface area contributed by atoms with Crippen LogP contribution in [0.2, 0.25) is 0 Å². The Bertz CT molecular complexity index is 433. The van der Waals surface area contributed by atoms with Gasteiger partial charge in [-0.3, -0.25) is 9.59 Å². The summed E-state index contributed by atoms with van der Waals surface area (Å²) in [6.07, 6.45) is 12.7. The average Bonchev–Trinajstić information content (AvgIpc) is 2.57. The van der Waals surface area contributed by atoms with Crippen LogP contribution in [0.1, 0.15) is 96.8 Å². The van der Waals surface area contributed by atoms with Crippen LogP contribution >= 0.6 is 0 Å². The highest BCUT2D eigenvalue weighted by Gasteiger charge is 2.25. The van der Waals surface area contributed by atoms with E-state index < -0.39 is 24.1 Å². The van der Waals surface area contributed by atoms with Gasteiger partial charge in [-0.05, 0) is 6.42 Å². The minimum absolute atomic E-state index is 0.0645. The molecule has 0 aliphatic rings. The summed E-state index contributed by atoms with van der Waals surface area (Å²) in [7, 11) is 5.76. The minimum atomic E-state index is -0.988. The first-order valence-electron chi connectivity index (χ1n) is 11.5. The van der Waals surface area contributed by atoms with Gasteiger partial charge in [-0.25, -0.2) is 0 Å². The number of ether oxygens (including phenoxy) is 1. The molecule has 0 spiro atoms. The molecule has 0 aliphatic carbocycles. The summed E-state index contributed by atoms with van der Waals surface area (Å²) in [6.45, 7) is 2.66. The smallest absolute Gasteiger partial charge is 0.308 e. The predicted molar refractivity (Wildman–Crippen MR) is 117 cm³/mol. The number of hydrogen-bond acceptors (Lipinski definition) is 4. The molecule has 6 heteroatoms. The lowest BCUT2D eigenvalue weighted by Crippen LogP contribution is -2.44. The van der Waals surface area contributed by atoms with E-state index >= 15 is 0 Å². The lowest BCUT2D eigenvalue weighted by atomic mass is 10.0. The highest BCUT2D eigenvalue weighted by Crippen LogP contribution is 2.14. The van der Waals surface area contributed by atoms with Gasteiger partial charge in [0.15, 0.2) is 6.10 Å². The van der Waals surface area contributed by atoms with E-state index in [2.05, 4.69) is 6.92 Å². The first-order chi connectivity index (χ1) is 13.6. The summed E-state index contributed by atoms with van der Waals surface area (Å²) >= 11 is 0. The standard InChI is InChI=1S/C23H45NO5/c1-5-6-7-8-9-10-11-12-13-14-15-16-20(25)17-23(28)29-21(18-22(26)27)19-24(2,3)4/h20-21,25H,5-19H2,1-4H3/p+1/t20-,21-/m1/s1. The number of carboxylic acids is 1. The molecule has 0 saturated heterocycles. The topological polar surface area (TPSA) is 83.8 Å². The number of unbranched alkanes of at least 4 members (excludes halogenated alkanes) is 10. The quantitative estimate of drug-likeness (QED) is 0.184. The number of aliphatic hydroxyl groups is 1. The number of carbonyl (C=O) groups excluding carboxylic acids is 1. The number of aliphatic hydroxyl groups excluding tert-OH is 1. The lowest BCUT2D eigenvalue weighted by Gasteiger charge is -2.28. The molecular weight excluding hydrogens is 370 g/mol. The minimum Gasteiger partial charge on any atom is -0.481 e. The molecule has 0 bridgehead atoms. The predicted octanol–water partition coefficient (Wildman–Crippen LogP) is 4.53. The van der Waals surface area contributed by atoms with Crippen LogP contribution < -0.4 is 0 Å². The summed E-state index contributed by atoms with van der Waals surface area (Å²) in [6, 6.07) is 0. The van der Waals surface area contributed by atoms with E-state index in [-0.39, 0.29) is 12.8 Å². The Morgan fingerprint density at radius 2 is 1.31 bits per heavy atom. The molecule has 6 nitrogen and oxygen atoms in total.